The molecule has 1 aromatic heterocycles. The molecule has 1 atom stereocenters. The van der Waals surface area contributed by atoms with Gasteiger partial charge < -0.3 is 15.0 Å². The molecular weight excluding hydrogens is 321 g/mol. The highest BCUT2D eigenvalue weighted by Gasteiger charge is 2.42. The molecule has 1 saturated carbocycles. The maximum Gasteiger partial charge on any atom is 0.226 e. The molecule has 5 nitrogen and oxygen atoms in total. The first kappa shape index (κ1) is 18.1. The monoisotopic (exact) mass is 349 g/mol. The highest BCUT2D eigenvalue weighted by molar-refractivity contribution is 5.83. The minimum absolute atomic E-state index is 0.0541. The Morgan fingerprint density at radius 3 is 3.00 bits per heavy atom. The van der Waals surface area contributed by atoms with Gasteiger partial charge in [0.15, 0.2) is 11.6 Å². The Morgan fingerprint density at radius 2 is 2.28 bits per heavy atom. The van der Waals surface area contributed by atoms with Crippen LogP contribution in [0.1, 0.15) is 45.4 Å². The SMILES string of the molecule is CCOCCC1(C(=O)N[C@H]2CCN(c3ncccc3F)C2)CCCC1. The number of nitrogens with zero attached hydrogens (tertiary/aromatic N) is 2. The van der Waals surface area contributed by atoms with Crippen molar-refractivity contribution in [1.29, 1.82) is 0 Å². The maximum atomic E-state index is 13.9. The molecule has 1 saturated heterocycles. The predicted octanol–water partition coefficient (Wildman–Crippen LogP) is 2.90. The van der Waals surface area contributed by atoms with E-state index in [4.69, 9.17) is 4.74 Å². The van der Waals surface area contributed by atoms with Crippen LogP contribution < -0.4 is 10.2 Å². The average Bonchev–Trinajstić information content (AvgIpc) is 3.26. The van der Waals surface area contributed by atoms with Crippen molar-refractivity contribution in [3.8, 4) is 0 Å². The molecule has 0 spiro atoms. The smallest absolute Gasteiger partial charge is 0.226 e. The van der Waals surface area contributed by atoms with Crippen molar-refractivity contribution in [1.82, 2.24) is 10.3 Å². The van der Waals surface area contributed by atoms with E-state index in [0.717, 1.165) is 38.5 Å². The van der Waals surface area contributed by atoms with E-state index in [2.05, 4.69) is 10.3 Å². The van der Waals surface area contributed by atoms with E-state index in [1.165, 1.54) is 6.07 Å². The van der Waals surface area contributed by atoms with Gasteiger partial charge in [0.25, 0.3) is 0 Å². The molecular formula is C19H28FN3O2. The molecule has 2 heterocycles. The Labute approximate surface area is 148 Å². The third-order valence-corrected chi connectivity index (χ3v) is 5.53. The fourth-order valence-electron chi connectivity index (χ4n) is 4.07. The number of rotatable bonds is 7. The standard InChI is InChI=1S/C19H28FN3O2/c1-2-25-13-10-19(8-3-4-9-19)18(24)22-15-7-12-23(14-15)17-16(20)6-5-11-21-17/h5-6,11,15H,2-4,7-10,12-14H2,1H3,(H,22,24)/t15-/m0/s1. The van der Waals surface area contributed by atoms with Crippen LogP contribution in [0.15, 0.2) is 18.3 Å². The van der Waals surface area contributed by atoms with Crippen LogP contribution >= 0.6 is 0 Å². The summed E-state index contributed by atoms with van der Waals surface area (Å²) < 4.78 is 19.4. The zero-order valence-electron chi connectivity index (χ0n) is 15.0. The second-order valence-electron chi connectivity index (χ2n) is 7.15. The zero-order valence-corrected chi connectivity index (χ0v) is 15.0. The lowest BCUT2D eigenvalue weighted by atomic mass is 9.81. The number of carbonyl (C=O) groups is 1. The second kappa shape index (κ2) is 8.13. The van der Waals surface area contributed by atoms with E-state index in [0.29, 0.717) is 32.1 Å². The van der Waals surface area contributed by atoms with Crippen LogP contribution in [0.4, 0.5) is 10.2 Å². The lowest BCUT2D eigenvalue weighted by molar-refractivity contribution is -0.132. The first-order chi connectivity index (χ1) is 12.1. The van der Waals surface area contributed by atoms with Crippen LogP contribution in [0.5, 0.6) is 0 Å². The Hall–Kier alpha value is -1.69. The van der Waals surface area contributed by atoms with Crippen molar-refractivity contribution in [3.05, 3.63) is 24.1 Å². The number of nitrogens with one attached hydrogen (secondary N) is 1. The molecule has 0 radical (unpaired) electrons. The van der Waals surface area contributed by atoms with E-state index < -0.39 is 0 Å². The highest BCUT2D eigenvalue weighted by atomic mass is 19.1. The Kier molecular flexibility index (Phi) is 5.89. The van der Waals surface area contributed by atoms with Crippen molar-refractivity contribution in [3.63, 3.8) is 0 Å². The molecule has 1 aromatic rings. The average molecular weight is 349 g/mol. The number of hydrogen-bond acceptors (Lipinski definition) is 4. The van der Waals surface area contributed by atoms with Gasteiger partial charge in [-0.3, -0.25) is 4.79 Å². The van der Waals surface area contributed by atoms with Crippen molar-refractivity contribution in [2.75, 3.05) is 31.2 Å². The largest absolute Gasteiger partial charge is 0.382 e. The molecule has 1 amide bonds. The van der Waals surface area contributed by atoms with Crippen LogP contribution in [0, 0.1) is 11.2 Å². The van der Waals surface area contributed by atoms with E-state index >= 15 is 0 Å². The van der Waals surface area contributed by atoms with Gasteiger partial charge >= 0.3 is 0 Å². The van der Waals surface area contributed by atoms with Gasteiger partial charge in [0.1, 0.15) is 0 Å². The van der Waals surface area contributed by atoms with Gasteiger partial charge in [-0.2, -0.15) is 0 Å². The van der Waals surface area contributed by atoms with Crippen molar-refractivity contribution >= 4 is 11.7 Å². The summed E-state index contributed by atoms with van der Waals surface area (Å²) in [5.41, 5.74) is -0.279. The normalized spacial score (nSPS) is 22.3. The molecule has 0 bridgehead atoms. The van der Waals surface area contributed by atoms with Crippen LogP contribution in [-0.2, 0) is 9.53 Å². The summed E-state index contributed by atoms with van der Waals surface area (Å²) >= 11 is 0. The van der Waals surface area contributed by atoms with Crippen molar-refractivity contribution < 1.29 is 13.9 Å². The molecule has 2 aliphatic rings. The second-order valence-corrected chi connectivity index (χ2v) is 7.15. The van der Waals surface area contributed by atoms with Gasteiger partial charge in [-0.1, -0.05) is 12.8 Å². The molecule has 0 aromatic carbocycles. The lowest BCUT2D eigenvalue weighted by Gasteiger charge is -2.29. The molecule has 0 unspecified atom stereocenters. The zero-order chi connectivity index (χ0) is 17.7. The summed E-state index contributed by atoms with van der Waals surface area (Å²) in [6.45, 7) is 4.63. The van der Waals surface area contributed by atoms with E-state index in [1.807, 2.05) is 11.8 Å². The van der Waals surface area contributed by atoms with Crippen LogP contribution in [0.3, 0.4) is 0 Å². The van der Waals surface area contributed by atoms with Crippen LogP contribution in [0.2, 0.25) is 0 Å². The summed E-state index contributed by atoms with van der Waals surface area (Å²) in [6, 6.07) is 3.07. The topological polar surface area (TPSA) is 54.5 Å². The molecule has 25 heavy (non-hydrogen) atoms. The van der Waals surface area contributed by atoms with E-state index in [9.17, 15) is 9.18 Å². The van der Waals surface area contributed by atoms with E-state index in [1.54, 1.807) is 12.3 Å². The fraction of sp³-hybridized carbons (Fsp3) is 0.684. The Morgan fingerprint density at radius 1 is 1.48 bits per heavy atom. The number of hydrogen-bond donors (Lipinski definition) is 1. The summed E-state index contributed by atoms with van der Waals surface area (Å²) in [5, 5.41) is 3.22. The number of aromatic nitrogens is 1. The third-order valence-electron chi connectivity index (χ3n) is 5.53. The molecule has 6 heteroatoms. The van der Waals surface area contributed by atoms with Crippen LogP contribution in [-0.4, -0.2) is 43.2 Å². The van der Waals surface area contributed by atoms with Crippen molar-refractivity contribution in [2.24, 2.45) is 5.41 Å². The Bertz CT molecular complexity index is 590. The fourth-order valence-corrected chi connectivity index (χ4v) is 4.07. The van der Waals surface area contributed by atoms with Crippen LogP contribution in [0.25, 0.3) is 0 Å². The summed E-state index contributed by atoms with van der Waals surface area (Å²) in [4.78, 5) is 19.0. The molecule has 1 N–H and O–H groups in total. The minimum atomic E-state index is -0.307. The van der Waals surface area contributed by atoms with Gasteiger partial charge in [0.2, 0.25) is 5.91 Å². The van der Waals surface area contributed by atoms with Gasteiger partial charge in [0, 0.05) is 38.5 Å². The number of halogens is 1. The predicted molar refractivity (Wildman–Crippen MR) is 95.0 cm³/mol. The summed E-state index contributed by atoms with van der Waals surface area (Å²) in [5.74, 6) is 0.225. The molecule has 2 fully saturated rings. The minimum Gasteiger partial charge on any atom is -0.382 e. The van der Waals surface area contributed by atoms with Gasteiger partial charge in [0.05, 0.1) is 5.41 Å². The first-order valence-electron chi connectivity index (χ1n) is 9.39. The van der Waals surface area contributed by atoms with E-state index in [-0.39, 0.29) is 23.2 Å². The number of ether oxygens (including phenoxy) is 1. The number of carbonyl (C=O) groups excluding carboxylic acids is 1. The number of pyridine rings is 1. The summed E-state index contributed by atoms with van der Waals surface area (Å²) in [6.07, 6.45) is 7.31. The third kappa shape index (κ3) is 4.11. The quantitative estimate of drug-likeness (QED) is 0.769. The Balaban J connectivity index is 1.58. The highest BCUT2D eigenvalue weighted by Crippen LogP contribution is 2.41. The maximum absolute atomic E-state index is 13.9. The molecule has 3 rings (SSSR count). The molecule has 1 aliphatic carbocycles. The van der Waals surface area contributed by atoms with Gasteiger partial charge in [-0.25, -0.2) is 9.37 Å². The lowest BCUT2D eigenvalue weighted by Crippen LogP contribution is -2.46. The first-order valence-corrected chi connectivity index (χ1v) is 9.39. The number of amides is 1. The van der Waals surface area contributed by atoms with Gasteiger partial charge in [-0.15, -0.1) is 0 Å². The summed E-state index contributed by atoms with van der Waals surface area (Å²) in [7, 11) is 0. The number of anilines is 1. The molecule has 138 valence electrons. The van der Waals surface area contributed by atoms with Crippen molar-refractivity contribution in [2.45, 2.75) is 51.5 Å². The molecule has 1 aliphatic heterocycles. The van der Waals surface area contributed by atoms with Gasteiger partial charge in [-0.05, 0) is 44.7 Å².